The van der Waals surface area contributed by atoms with Crippen LogP contribution in [-0.4, -0.2) is 71.3 Å². The summed E-state index contributed by atoms with van der Waals surface area (Å²) < 4.78 is 11.8. The van der Waals surface area contributed by atoms with Gasteiger partial charge >= 0.3 is 0 Å². The minimum absolute atomic E-state index is 0.0443. The van der Waals surface area contributed by atoms with Crippen LogP contribution in [0.25, 0.3) is 22.3 Å². The Morgan fingerprint density at radius 1 is 1.19 bits per heavy atom. The summed E-state index contributed by atoms with van der Waals surface area (Å²) in [5.74, 6) is 0.463. The van der Waals surface area contributed by atoms with Gasteiger partial charge in [0.15, 0.2) is 5.52 Å². The predicted molar refractivity (Wildman–Crippen MR) is 124 cm³/mol. The van der Waals surface area contributed by atoms with E-state index in [1.807, 2.05) is 6.07 Å². The van der Waals surface area contributed by atoms with E-state index >= 15 is 0 Å². The number of anilines is 1. The van der Waals surface area contributed by atoms with Crippen molar-refractivity contribution in [2.24, 2.45) is 0 Å². The topological polar surface area (TPSA) is 80.7 Å². The number of hydrogen-bond donors (Lipinski definition) is 0. The smallest absolute Gasteiger partial charge is 0.242 e. The van der Waals surface area contributed by atoms with Crippen molar-refractivity contribution in [2.45, 2.75) is 26.9 Å². The molecule has 3 heterocycles. The molecule has 1 amide bonds. The molecule has 32 heavy (non-hydrogen) atoms. The molecule has 168 valence electrons. The highest BCUT2D eigenvalue weighted by Gasteiger charge is 2.23. The van der Waals surface area contributed by atoms with Crippen molar-refractivity contribution in [1.29, 1.82) is 0 Å². The van der Waals surface area contributed by atoms with Crippen molar-refractivity contribution < 1.29 is 14.3 Å². The predicted octanol–water partition coefficient (Wildman–Crippen LogP) is 3.16. The summed E-state index contributed by atoms with van der Waals surface area (Å²) in [6, 6.07) is 10.3. The Labute approximate surface area is 188 Å². The monoisotopic (exact) mass is 435 g/mol. The van der Waals surface area contributed by atoms with Gasteiger partial charge in [0.1, 0.15) is 12.7 Å². The first-order chi connectivity index (χ1) is 15.6. The number of carbonyl (C=O) groups excluding carboxylic acids is 1. The minimum atomic E-state index is -0.210. The molecular formula is C24H29N5O3. The number of hydrogen-bond acceptors (Lipinski definition) is 7. The molecule has 1 aliphatic rings. The standard InChI is InChI=1S/C24H29N5O3/c1-4-28(5-2)19-8-6-18(7-9-19)21-14-22-23(26-11-10-25-22)24(27-21)32-16-20-15-29(17(3)30)12-13-31-20/h6-11,14,20H,4-5,12-13,15-16H2,1-3H3. The van der Waals surface area contributed by atoms with E-state index < -0.39 is 0 Å². The van der Waals surface area contributed by atoms with E-state index in [0.717, 1.165) is 29.9 Å². The van der Waals surface area contributed by atoms with Crippen molar-refractivity contribution in [2.75, 3.05) is 44.3 Å². The Hall–Kier alpha value is -3.26. The summed E-state index contributed by atoms with van der Waals surface area (Å²) in [5.41, 5.74) is 4.26. The zero-order chi connectivity index (χ0) is 22.5. The van der Waals surface area contributed by atoms with Crippen LogP contribution in [0.5, 0.6) is 5.88 Å². The van der Waals surface area contributed by atoms with Crippen LogP contribution >= 0.6 is 0 Å². The molecule has 1 unspecified atom stereocenters. The maximum Gasteiger partial charge on any atom is 0.242 e. The first-order valence-electron chi connectivity index (χ1n) is 11.1. The largest absolute Gasteiger partial charge is 0.473 e. The third-order valence-corrected chi connectivity index (χ3v) is 5.71. The van der Waals surface area contributed by atoms with Crippen LogP contribution in [0.15, 0.2) is 42.7 Å². The van der Waals surface area contributed by atoms with Crippen molar-refractivity contribution in [3.05, 3.63) is 42.7 Å². The molecule has 2 aromatic heterocycles. The van der Waals surface area contributed by atoms with Crippen LogP contribution in [0.1, 0.15) is 20.8 Å². The van der Waals surface area contributed by atoms with E-state index in [1.165, 1.54) is 5.69 Å². The Morgan fingerprint density at radius 3 is 2.66 bits per heavy atom. The third kappa shape index (κ3) is 4.80. The van der Waals surface area contributed by atoms with E-state index in [1.54, 1.807) is 24.2 Å². The minimum Gasteiger partial charge on any atom is -0.473 e. The maximum atomic E-state index is 11.7. The normalized spacial score (nSPS) is 16.2. The molecule has 3 aromatic rings. The van der Waals surface area contributed by atoms with Crippen molar-refractivity contribution in [1.82, 2.24) is 19.9 Å². The molecule has 0 N–H and O–H groups in total. The highest BCUT2D eigenvalue weighted by Crippen LogP contribution is 2.28. The number of benzene rings is 1. The van der Waals surface area contributed by atoms with Gasteiger partial charge in [-0.2, -0.15) is 0 Å². The van der Waals surface area contributed by atoms with Crippen molar-refractivity contribution >= 4 is 22.6 Å². The lowest BCUT2D eigenvalue weighted by Gasteiger charge is -2.32. The summed E-state index contributed by atoms with van der Waals surface area (Å²) in [7, 11) is 0. The van der Waals surface area contributed by atoms with Gasteiger partial charge in [0.2, 0.25) is 11.8 Å². The lowest BCUT2D eigenvalue weighted by atomic mass is 10.1. The van der Waals surface area contributed by atoms with E-state index in [4.69, 9.17) is 14.5 Å². The molecule has 1 saturated heterocycles. The molecule has 0 aliphatic carbocycles. The van der Waals surface area contributed by atoms with E-state index in [2.05, 4.69) is 53.0 Å². The SMILES string of the molecule is CCN(CC)c1ccc(-c2cc3nccnc3c(OCC3CN(C(C)=O)CCO3)n2)cc1. The second-order valence-electron chi connectivity index (χ2n) is 7.72. The van der Waals surface area contributed by atoms with E-state index in [0.29, 0.717) is 31.1 Å². The van der Waals surface area contributed by atoms with Crippen molar-refractivity contribution in [3.63, 3.8) is 0 Å². The Kier molecular flexibility index (Phi) is 6.80. The molecule has 0 spiro atoms. The Balaban J connectivity index is 1.58. The second-order valence-corrected chi connectivity index (χ2v) is 7.72. The summed E-state index contributed by atoms with van der Waals surface area (Å²) in [4.78, 5) is 29.4. The first kappa shape index (κ1) is 22.0. The number of fused-ring (bicyclic) bond motifs is 1. The van der Waals surface area contributed by atoms with Crippen LogP contribution in [-0.2, 0) is 9.53 Å². The highest BCUT2D eigenvalue weighted by molar-refractivity contribution is 5.83. The van der Waals surface area contributed by atoms with Crippen molar-refractivity contribution in [3.8, 4) is 17.1 Å². The number of rotatable bonds is 7. The molecular weight excluding hydrogens is 406 g/mol. The van der Waals surface area contributed by atoms with Gasteiger partial charge in [-0.25, -0.2) is 9.97 Å². The lowest BCUT2D eigenvalue weighted by Crippen LogP contribution is -2.46. The number of pyridine rings is 1. The molecule has 8 nitrogen and oxygen atoms in total. The molecule has 1 atom stereocenters. The number of morpholine rings is 1. The second kappa shape index (κ2) is 9.91. The average Bonchev–Trinajstić information content (AvgIpc) is 2.83. The number of ether oxygens (including phenoxy) is 2. The fraction of sp³-hybridized carbons (Fsp3) is 0.417. The Morgan fingerprint density at radius 2 is 1.94 bits per heavy atom. The first-order valence-corrected chi connectivity index (χ1v) is 11.1. The van der Waals surface area contributed by atoms with Gasteiger partial charge in [-0.1, -0.05) is 12.1 Å². The summed E-state index contributed by atoms with van der Waals surface area (Å²) >= 11 is 0. The van der Waals surface area contributed by atoms with Gasteiger partial charge in [-0.3, -0.25) is 9.78 Å². The molecule has 4 rings (SSSR count). The van der Waals surface area contributed by atoms with Crippen LogP contribution in [0.4, 0.5) is 5.69 Å². The van der Waals surface area contributed by atoms with E-state index in [9.17, 15) is 4.79 Å². The number of aromatic nitrogens is 3. The summed E-state index contributed by atoms with van der Waals surface area (Å²) in [6.45, 7) is 9.69. The summed E-state index contributed by atoms with van der Waals surface area (Å²) in [5, 5.41) is 0. The molecule has 0 radical (unpaired) electrons. The average molecular weight is 436 g/mol. The fourth-order valence-electron chi connectivity index (χ4n) is 3.90. The molecule has 0 saturated carbocycles. The molecule has 1 aliphatic heterocycles. The van der Waals surface area contributed by atoms with Crippen LogP contribution < -0.4 is 9.64 Å². The number of nitrogens with zero attached hydrogens (tertiary/aromatic N) is 5. The summed E-state index contributed by atoms with van der Waals surface area (Å²) in [6.07, 6.45) is 3.08. The fourth-order valence-corrected chi connectivity index (χ4v) is 3.90. The zero-order valence-electron chi connectivity index (χ0n) is 18.8. The molecule has 0 bridgehead atoms. The van der Waals surface area contributed by atoms with Gasteiger partial charge in [-0.05, 0) is 32.0 Å². The van der Waals surface area contributed by atoms with Crippen LogP contribution in [0, 0.1) is 0 Å². The lowest BCUT2D eigenvalue weighted by molar-refractivity contribution is -0.137. The van der Waals surface area contributed by atoms with Gasteiger partial charge in [0, 0.05) is 50.2 Å². The van der Waals surface area contributed by atoms with Gasteiger partial charge in [0.25, 0.3) is 0 Å². The zero-order valence-corrected chi connectivity index (χ0v) is 18.8. The van der Waals surface area contributed by atoms with Gasteiger partial charge < -0.3 is 19.3 Å². The quantitative estimate of drug-likeness (QED) is 0.564. The van der Waals surface area contributed by atoms with E-state index in [-0.39, 0.29) is 18.6 Å². The molecule has 1 fully saturated rings. The van der Waals surface area contributed by atoms with Gasteiger partial charge in [0.05, 0.1) is 24.4 Å². The highest BCUT2D eigenvalue weighted by atomic mass is 16.5. The maximum absolute atomic E-state index is 11.7. The number of amides is 1. The number of carbonyl (C=O) groups is 1. The van der Waals surface area contributed by atoms with Crippen LogP contribution in [0.3, 0.4) is 0 Å². The molecule has 8 heteroatoms. The Bertz CT molecular complexity index is 1070. The van der Waals surface area contributed by atoms with Crippen LogP contribution in [0.2, 0.25) is 0 Å². The van der Waals surface area contributed by atoms with Gasteiger partial charge in [-0.15, -0.1) is 0 Å². The molecule has 1 aromatic carbocycles. The third-order valence-electron chi connectivity index (χ3n) is 5.71.